The van der Waals surface area contributed by atoms with E-state index < -0.39 is 0 Å². The molecule has 0 fully saturated rings. The second-order valence-electron chi connectivity index (χ2n) is 3.90. The smallest absolute Gasteiger partial charge is 0.167 e. The van der Waals surface area contributed by atoms with E-state index in [0.29, 0.717) is 15.6 Å². The molecule has 2 nitrogen and oxygen atoms in total. The SMILES string of the molecule is O=C(Cc1ccc(Cl)c(Cl)c1)c1ccc(O)cc1. The Hall–Kier alpha value is -1.51. The first-order valence-electron chi connectivity index (χ1n) is 5.32. The van der Waals surface area contributed by atoms with Gasteiger partial charge in [0.15, 0.2) is 5.78 Å². The van der Waals surface area contributed by atoms with Crippen LogP contribution in [0.3, 0.4) is 0 Å². The lowest BCUT2D eigenvalue weighted by Crippen LogP contribution is -2.03. The van der Waals surface area contributed by atoms with Crippen molar-refractivity contribution in [2.75, 3.05) is 0 Å². The minimum Gasteiger partial charge on any atom is -0.508 e. The Morgan fingerprint density at radius 3 is 2.28 bits per heavy atom. The number of carbonyl (C=O) groups excluding carboxylic acids is 1. The predicted molar refractivity (Wildman–Crippen MR) is 72.6 cm³/mol. The second-order valence-corrected chi connectivity index (χ2v) is 4.71. The highest BCUT2D eigenvalue weighted by atomic mass is 35.5. The van der Waals surface area contributed by atoms with Gasteiger partial charge in [-0.2, -0.15) is 0 Å². The first-order chi connectivity index (χ1) is 8.56. The summed E-state index contributed by atoms with van der Waals surface area (Å²) in [5.41, 5.74) is 1.36. The van der Waals surface area contributed by atoms with E-state index in [9.17, 15) is 4.79 Å². The summed E-state index contributed by atoms with van der Waals surface area (Å²) in [4.78, 5) is 12.0. The Kier molecular flexibility index (Phi) is 3.90. The third-order valence-electron chi connectivity index (χ3n) is 2.54. The molecule has 0 saturated carbocycles. The van der Waals surface area contributed by atoms with Crippen molar-refractivity contribution < 1.29 is 9.90 Å². The summed E-state index contributed by atoms with van der Waals surface area (Å²) in [7, 11) is 0. The van der Waals surface area contributed by atoms with E-state index in [4.69, 9.17) is 28.3 Å². The normalized spacial score (nSPS) is 10.3. The van der Waals surface area contributed by atoms with Gasteiger partial charge in [0.1, 0.15) is 5.75 Å². The van der Waals surface area contributed by atoms with Gasteiger partial charge in [0.25, 0.3) is 0 Å². The number of hydrogen-bond acceptors (Lipinski definition) is 2. The van der Waals surface area contributed by atoms with Crippen molar-refractivity contribution in [1.82, 2.24) is 0 Å². The minimum absolute atomic E-state index is 0.0339. The lowest BCUT2D eigenvalue weighted by molar-refractivity contribution is 0.0993. The van der Waals surface area contributed by atoms with Crippen molar-refractivity contribution in [3.8, 4) is 5.75 Å². The van der Waals surface area contributed by atoms with Crippen molar-refractivity contribution in [3.63, 3.8) is 0 Å². The number of benzene rings is 2. The Morgan fingerprint density at radius 1 is 1.00 bits per heavy atom. The van der Waals surface area contributed by atoms with E-state index in [2.05, 4.69) is 0 Å². The third kappa shape index (κ3) is 3.03. The predicted octanol–water partition coefficient (Wildman–Crippen LogP) is 4.12. The van der Waals surface area contributed by atoms with Gasteiger partial charge in [0, 0.05) is 12.0 Å². The van der Waals surface area contributed by atoms with E-state index in [1.165, 1.54) is 12.1 Å². The monoisotopic (exact) mass is 280 g/mol. The molecule has 0 heterocycles. The van der Waals surface area contributed by atoms with Crippen LogP contribution in [0.4, 0.5) is 0 Å². The molecule has 2 aromatic rings. The van der Waals surface area contributed by atoms with Crippen LogP contribution >= 0.6 is 23.2 Å². The van der Waals surface area contributed by atoms with E-state index in [-0.39, 0.29) is 18.0 Å². The molecule has 0 aliphatic rings. The number of Topliss-reactive ketones (excluding diaryl/α,β-unsaturated/α-hetero) is 1. The molecular formula is C14H10Cl2O2. The maximum atomic E-state index is 12.0. The highest BCUT2D eigenvalue weighted by Gasteiger charge is 2.08. The van der Waals surface area contributed by atoms with Gasteiger partial charge in [0.05, 0.1) is 10.0 Å². The van der Waals surface area contributed by atoms with Gasteiger partial charge in [-0.15, -0.1) is 0 Å². The van der Waals surface area contributed by atoms with Gasteiger partial charge < -0.3 is 5.11 Å². The summed E-state index contributed by atoms with van der Waals surface area (Å²) in [5.74, 6) is 0.106. The average molecular weight is 281 g/mol. The zero-order valence-electron chi connectivity index (χ0n) is 9.36. The average Bonchev–Trinajstić information content (AvgIpc) is 2.34. The first-order valence-corrected chi connectivity index (χ1v) is 6.08. The number of ketones is 1. The Morgan fingerprint density at radius 2 is 1.67 bits per heavy atom. The number of hydrogen-bond donors (Lipinski definition) is 1. The molecule has 2 rings (SSSR count). The number of carbonyl (C=O) groups is 1. The zero-order chi connectivity index (χ0) is 13.1. The number of aromatic hydroxyl groups is 1. The number of halogens is 2. The van der Waals surface area contributed by atoms with Crippen LogP contribution in [0.15, 0.2) is 42.5 Å². The summed E-state index contributed by atoms with van der Waals surface area (Å²) >= 11 is 11.7. The molecule has 1 N–H and O–H groups in total. The van der Waals surface area contributed by atoms with E-state index in [0.717, 1.165) is 5.56 Å². The standard InChI is InChI=1S/C14H10Cl2O2/c15-12-6-1-9(7-13(12)16)8-14(18)10-2-4-11(17)5-3-10/h1-7,17H,8H2. The van der Waals surface area contributed by atoms with Gasteiger partial charge in [-0.25, -0.2) is 0 Å². The summed E-state index contributed by atoms with van der Waals surface area (Å²) in [6, 6.07) is 11.3. The molecule has 92 valence electrons. The van der Waals surface area contributed by atoms with E-state index in [1.54, 1.807) is 30.3 Å². The first kappa shape index (κ1) is 12.9. The summed E-state index contributed by atoms with van der Waals surface area (Å²) in [5, 5.41) is 10.1. The van der Waals surface area contributed by atoms with Crippen molar-refractivity contribution in [3.05, 3.63) is 63.6 Å². The molecule has 18 heavy (non-hydrogen) atoms. The molecular weight excluding hydrogens is 271 g/mol. The van der Waals surface area contributed by atoms with Gasteiger partial charge >= 0.3 is 0 Å². The molecule has 2 aromatic carbocycles. The Bertz CT molecular complexity index is 577. The van der Waals surface area contributed by atoms with Gasteiger partial charge in [-0.05, 0) is 42.0 Å². The lowest BCUT2D eigenvalue weighted by Gasteiger charge is -2.03. The summed E-state index contributed by atoms with van der Waals surface area (Å²) < 4.78 is 0. The summed E-state index contributed by atoms with van der Waals surface area (Å²) in [6.45, 7) is 0. The summed E-state index contributed by atoms with van der Waals surface area (Å²) in [6.07, 6.45) is 0.252. The number of phenolic OH excluding ortho intramolecular Hbond substituents is 1. The van der Waals surface area contributed by atoms with Crippen LogP contribution in [-0.2, 0) is 6.42 Å². The highest BCUT2D eigenvalue weighted by Crippen LogP contribution is 2.23. The second kappa shape index (κ2) is 5.42. The van der Waals surface area contributed by atoms with Crippen LogP contribution in [0.2, 0.25) is 10.0 Å². The largest absolute Gasteiger partial charge is 0.508 e. The maximum absolute atomic E-state index is 12.0. The highest BCUT2D eigenvalue weighted by molar-refractivity contribution is 6.42. The molecule has 0 unspecified atom stereocenters. The maximum Gasteiger partial charge on any atom is 0.167 e. The van der Waals surface area contributed by atoms with Crippen LogP contribution in [0.25, 0.3) is 0 Å². The molecule has 0 saturated heterocycles. The van der Waals surface area contributed by atoms with Crippen molar-refractivity contribution >= 4 is 29.0 Å². The Labute approximate surface area is 115 Å². The topological polar surface area (TPSA) is 37.3 Å². The minimum atomic E-state index is -0.0339. The van der Waals surface area contributed by atoms with Crippen molar-refractivity contribution in [1.29, 1.82) is 0 Å². The zero-order valence-corrected chi connectivity index (χ0v) is 10.9. The van der Waals surface area contributed by atoms with Crippen LogP contribution in [0.1, 0.15) is 15.9 Å². The molecule has 0 atom stereocenters. The molecule has 0 aliphatic heterocycles. The molecule has 0 aliphatic carbocycles. The van der Waals surface area contributed by atoms with Crippen molar-refractivity contribution in [2.24, 2.45) is 0 Å². The van der Waals surface area contributed by atoms with Crippen molar-refractivity contribution in [2.45, 2.75) is 6.42 Å². The third-order valence-corrected chi connectivity index (χ3v) is 3.28. The van der Waals surface area contributed by atoms with E-state index in [1.807, 2.05) is 0 Å². The van der Waals surface area contributed by atoms with Gasteiger partial charge in [-0.1, -0.05) is 29.3 Å². The van der Waals surface area contributed by atoms with Crippen LogP contribution in [0.5, 0.6) is 5.75 Å². The number of phenols is 1. The molecule has 0 radical (unpaired) electrons. The molecule has 0 bridgehead atoms. The van der Waals surface area contributed by atoms with Crippen LogP contribution < -0.4 is 0 Å². The molecule has 4 heteroatoms. The molecule has 0 spiro atoms. The van der Waals surface area contributed by atoms with E-state index >= 15 is 0 Å². The fraction of sp³-hybridized carbons (Fsp3) is 0.0714. The molecule has 0 amide bonds. The lowest BCUT2D eigenvalue weighted by atomic mass is 10.0. The Balaban J connectivity index is 2.16. The van der Waals surface area contributed by atoms with Crippen LogP contribution in [0, 0.1) is 0 Å². The fourth-order valence-corrected chi connectivity index (χ4v) is 1.91. The van der Waals surface area contributed by atoms with Gasteiger partial charge in [-0.3, -0.25) is 4.79 Å². The van der Waals surface area contributed by atoms with Crippen LogP contribution in [-0.4, -0.2) is 10.9 Å². The number of rotatable bonds is 3. The van der Waals surface area contributed by atoms with Gasteiger partial charge in [0.2, 0.25) is 0 Å². The quantitative estimate of drug-likeness (QED) is 0.859. The molecule has 0 aromatic heterocycles. The fourth-order valence-electron chi connectivity index (χ4n) is 1.58.